The molecule has 2 amide bonds. The number of nitrogens with zero attached hydrogens (tertiary/aromatic N) is 1. The van der Waals surface area contributed by atoms with Crippen LogP contribution in [-0.4, -0.2) is 43.0 Å². The Morgan fingerprint density at radius 3 is 2.42 bits per heavy atom. The summed E-state index contributed by atoms with van der Waals surface area (Å²) in [4.78, 5) is 26.8. The number of benzene rings is 2. The van der Waals surface area contributed by atoms with Gasteiger partial charge in [0.2, 0.25) is 0 Å². The molecule has 2 aromatic carbocycles. The summed E-state index contributed by atoms with van der Waals surface area (Å²) in [7, 11) is 1.64. The molecule has 26 heavy (non-hydrogen) atoms. The van der Waals surface area contributed by atoms with Crippen molar-refractivity contribution in [1.82, 2.24) is 10.2 Å². The normalized spacial score (nSPS) is 14.9. The van der Waals surface area contributed by atoms with Crippen molar-refractivity contribution in [3.63, 3.8) is 0 Å². The molecule has 1 fully saturated rings. The van der Waals surface area contributed by atoms with E-state index in [4.69, 9.17) is 4.74 Å². The van der Waals surface area contributed by atoms with E-state index in [-0.39, 0.29) is 17.9 Å². The first-order valence-corrected chi connectivity index (χ1v) is 8.90. The van der Waals surface area contributed by atoms with E-state index in [1.54, 1.807) is 19.2 Å². The lowest BCUT2D eigenvalue weighted by atomic mass is 10.0. The summed E-state index contributed by atoms with van der Waals surface area (Å²) in [6.07, 6.45) is 1.53. The van der Waals surface area contributed by atoms with Gasteiger partial charge in [0.15, 0.2) is 0 Å². The van der Waals surface area contributed by atoms with Crippen molar-refractivity contribution in [1.29, 1.82) is 0 Å². The molecule has 136 valence electrons. The number of hydrogen-bond donors (Lipinski definition) is 1. The lowest BCUT2D eigenvalue weighted by Gasteiger charge is -2.32. The van der Waals surface area contributed by atoms with E-state index in [1.807, 2.05) is 47.4 Å². The van der Waals surface area contributed by atoms with E-state index in [2.05, 4.69) is 5.32 Å². The molecule has 5 nitrogen and oxygen atoms in total. The Kier molecular flexibility index (Phi) is 6.02. The number of ether oxygens (including phenoxy) is 1. The quantitative estimate of drug-likeness (QED) is 0.900. The first-order valence-electron chi connectivity index (χ1n) is 8.90. The Morgan fingerprint density at radius 1 is 1.04 bits per heavy atom. The van der Waals surface area contributed by atoms with Crippen molar-refractivity contribution in [3.8, 4) is 0 Å². The van der Waals surface area contributed by atoms with Gasteiger partial charge >= 0.3 is 0 Å². The number of hydrogen-bond acceptors (Lipinski definition) is 3. The average Bonchev–Trinajstić information content (AvgIpc) is 2.69. The van der Waals surface area contributed by atoms with Gasteiger partial charge in [-0.2, -0.15) is 0 Å². The van der Waals surface area contributed by atoms with Gasteiger partial charge in [0, 0.05) is 37.4 Å². The molecule has 3 rings (SSSR count). The number of carbonyl (C=O) groups is 2. The minimum atomic E-state index is -0.0531. The molecule has 1 heterocycles. The largest absolute Gasteiger partial charge is 0.380 e. The van der Waals surface area contributed by atoms with Crippen LogP contribution in [0.3, 0.4) is 0 Å². The van der Waals surface area contributed by atoms with Crippen LogP contribution in [0.25, 0.3) is 0 Å². The zero-order valence-electron chi connectivity index (χ0n) is 15.0. The third kappa shape index (κ3) is 4.49. The Morgan fingerprint density at radius 2 is 1.73 bits per heavy atom. The number of carbonyl (C=O) groups excluding carboxylic acids is 2. The van der Waals surface area contributed by atoms with Crippen molar-refractivity contribution in [2.75, 3.05) is 20.2 Å². The van der Waals surface area contributed by atoms with Crippen LogP contribution in [0.2, 0.25) is 0 Å². The van der Waals surface area contributed by atoms with Crippen molar-refractivity contribution in [2.45, 2.75) is 25.5 Å². The second kappa shape index (κ2) is 8.63. The Hall–Kier alpha value is -2.66. The van der Waals surface area contributed by atoms with E-state index in [0.717, 1.165) is 18.4 Å². The van der Waals surface area contributed by atoms with Gasteiger partial charge in [-0.25, -0.2) is 0 Å². The van der Waals surface area contributed by atoms with Crippen LogP contribution in [-0.2, 0) is 11.3 Å². The molecule has 1 N–H and O–H groups in total. The van der Waals surface area contributed by atoms with E-state index >= 15 is 0 Å². The number of amides is 2. The van der Waals surface area contributed by atoms with Crippen molar-refractivity contribution >= 4 is 11.8 Å². The maximum atomic E-state index is 12.7. The van der Waals surface area contributed by atoms with Gasteiger partial charge in [-0.15, -0.1) is 0 Å². The summed E-state index contributed by atoms with van der Waals surface area (Å²) in [5.41, 5.74) is 2.34. The fraction of sp³-hybridized carbons (Fsp3) is 0.333. The molecule has 5 heteroatoms. The van der Waals surface area contributed by atoms with Gasteiger partial charge in [-0.05, 0) is 42.7 Å². The lowest BCUT2D eigenvalue weighted by Crippen LogP contribution is -2.46. The predicted octanol–water partition coefficient (Wildman–Crippen LogP) is 2.87. The molecule has 1 saturated heterocycles. The van der Waals surface area contributed by atoms with E-state index in [0.29, 0.717) is 30.8 Å². The van der Waals surface area contributed by atoms with E-state index in [1.165, 1.54) is 0 Å². The zero-order chi connectivity index (χ0) is 18.4. The number of rotatable bonds is 5. The highest BCUT2D eigenvalue weighted by Crippen LogP contribution is 2.16. The van der Waals surface area contributed by atoms with E-state index in [9.17, 15) is 9.59 Å². The van der Waals surface area contributed by atoms with Crippen LogP contribution >= 0.6 is 0 Å². The summed E-state index contributed by atoms with van der Waals surface area (Å²) in [6.45, 7) is 1.79. The highest BCUT2D eigenvalue weighted by molar-refractivity contribution is 5.95. The summed E-state index contributed by atoms with van der Waals surface area (Å²) in [5, 5.41) is 3.07. The Bertz CT molecular complexity index is 753. The number of methoxy groups -OCH3 is 1. The summed E-state index contributed by atoms with van der Waals surface area (Å²) >= 11 is 0. The molecule has 0 spiro atoms. The third-order valence-corrected chi connectivity index (χ3v) is 4.64. The molecule has 2 aromatic rings. The SMILES string of the molecule is COCc1cccc(C(=O)N2CCC(NC(=O)c3ccccc3)CC2)c1. The highest BCUT2D eigenvalue weighted by Gasteiger charge is 2.25. The van der Waals surface area contributed by atoms with Gasteiger partial charge < -0.3 is 15.0 Å². The fourth-order valence-corrected chi connectivity index (χ4v) is 3.23. The molecule has 0 radical (unpaired) electrons. The molecule has 1 aliphatic heterocycles. The summed E-state index contributed by atoms with van der Waals surface area (Å²) in [5.74, 6) is -0.0153. The van der Waals surface area contributed by atoms with Crippen molar-refractivity contribution in [2.24, 2.45) is 0 Å². The molecule has 0 atom stereocenters. The molecular formula is C21H24N2O3. The van der Waals surface area contributed by atoms with Crippen LogP contribution in [0.1, 0.15) is 39.1 Å². The van der Waals surface area contributed by atoms with E-state index < -0.39 is 0 Å². The average molecular weight is 352 g/mol. The van der Waals surface area contributed by atoms with Crippen molar-refractivity contribution in [3.05, 3.63) is 71.3 Å². The number of nitrogens with one attached hydrogen (secondary N) is 1. The number of likely N-dealkylation sites (tertiary alicyclic amines) is 1. The number of piperidine rings is 1. The maximum absolute atomic E-state index is 12.7. The monoisotopic (exact) mass is 352 g/mol. The molecule has 0 saturated carbocycles. The summed E-state index contributed by atoms with van der Waals surface area (Å²) in [6, 6.07) is 16.9. The molecule has 1 aliphatic rings. The highest BCUT2D eigenvalue weighted by atomic mass is 16.5. The van der Waals surface area contributed by atoms with Gasteiger partial charge in [-0.3, -0.25) is 9.59 Å². The smallest absolute Gasteiger partial charge is 0.253 e. The first-order chi connectivity index (χ1) is 12.7. The predicted molar refractivity (Wildman–Crippen MR) is 100.0 cm³/mol. The van der Waals surface area contributed by atoms with Crippen LogP contribution in [0.5, 0.6) is 0 Å². The Labute approximate surface area is 154 Å². The van der Waals surface area contributed by atoms with Gasteiger partial charge in [0.05, 0.1) is 6.61 Å². The van der Waals surface area contributed by atoms with Crippen LogP contribution in [0, 0.1) is 0 Å². The van der Waals surface area contributed by atoms with Gasteiger partial charge in [0.1, 0.15) is 0 Å². The molecule has 0 bridgehead atoms. The second-order valence-corrected chi connectivity index (χ2v) is 6.54. The minimum Gasteiger partial charge on any atom is -0.380 e. The maximum Gasteiger partial charge on any atom is 0.253 e. The van der Waals surface area contributed by atoms with Gasteiger partial charge in [-0.1, -0.05) is 30.3 Å². The zero-order valence-corrected chi connectivity index (χ0v) is 15.0. The minimum absolute atomic E-state index is 0.0378. The molecule has 0 unspecified atom stereocenters. The molecule has 0 aliphatic carbocycles. The lowest BCUT2D eigenvalue weighted by molar-refractivity contribution is 0.0697. The molecular weight excluding hydrogens is 328 g/mol. The first kappa shape index (κ1) is 18.1. The van der Waals surface area contributed by atoms with Crippen LogP contribution in [0.15, 0.2) is 54.6 Å². The van der Waals surface area contributed by atoms with Gasteiger partial charge in [0.25, 0.3) is 11.8 Å². The topological polar surface area (TPSA) is 58.6 Å². The van der Waals surface area contributed by atoms with Crippen LogP contribution in [0.4, 0.5) is 0 Å². The summed E-state index contributed by atoms with van der Waals surface area (Å²) < 4.78 is 5.13. The standard InChI is InChI=1S/C21H24N2O3/c1-26-15-16-6-5-9-18(14-16)21(25)23-12-10-19(11-13-23)22-20(24)17-7-3-2-4-8-17/h2-9,14,19H,10-13,15H2,1H3,(H,22,24). The fourth-order valence-electron chi connectivity index (χ4n) is 3.23. The Balaban J connectivity index is 1.54. The van der Waals surface area contributed by atoms with Crippen LogP contribution < -0.4 is 5.32 Å². The molecule has 0 aromatic heterocycles. The third-order valence-electron chi connectivity index (χ3n) is 4.64. The second-order valence-electron chi connectivity index (χ2n) is 6.54. The van der Waals surface area contributed by atoms with Crippen molar-refractivity contribution < 1.29 is 14.3 Å².